The van der Waals surface area contributed by atoms with Crippen LogP contribution in [0.3, 0.4) is 0 Å². The van der Waals surface area contributed by atoms with Gasteiger partial charge in [0.25, 0.3) is 5.92 Å². The first-order chi connectivity index (χ1) is 13.7. The Hall–Kier alpha value is -3.28. The summed E-state index contributed by atoms with van der Waals surface area (Å²) in [5.41, 5.74) is 0.390. The molecule has 0 N–H and O–H groups in total. The van der Waals surface area contributed by atoms with Crippen molar-refractivity contribution in [3.05, 3.63) is 53.9 Å². The SMILES string of the molecule is N#C[C@@H]1CC(F)(F)CN1C(=O)CCC(=O)c1ccncc1-c1cc(F)cc(F)c1. The minimum atomic E-state index is -3.14. The largest absolute Gasteiger partial charge is 0.320 e. The monoisotopic (exact) mass is 405 g/mol. The van der Waals surface area contributed by atoms with E-state index in [9.17, 15) is 27.2 Å². The number of aromatic nitrogens is 1. The van der Waals surface area contributed by atoms with E-state index >= 15 is 0 Å². The standard InChI is InChI=1S/C20H15F4N3O2/c21-13-5-12(6-14(22)7-13)17-10-26-4-3-16(17)18(28)1-2-19(29)27-11-20(23,24)8-15(27)9-25/h3-7,10,15H,1-2,8,11H2/t15-/m0/s1. The van der Waals surface area contributed by atoms with Crippen molar-refractivity contribution in [2.24, 2.45) is 0 Å². The fourth-order valence-corrected chi connectivity index (χ4v) is 3.27. The van der Waals surface area contributed by atoms with Gasteiger partial charge in [-0.2, -0.15) is 5.26 Å². The van der Waals surface area contributed by atoms with Crippen LogP contribution in [-0.4, -0.2) is 40.1 Å². The predicted octanol–water partition coefficient (Wildman–Crippen LogP) is 3.75. The molecule has 0 unspecified atom stereocenters. The summed E-state index contributed by atoms with van der Waals surface area (Å²) < 4.78 is 54.0. The molecule has 150 valence electrons. The van der Waals surface area contributed by atoms with Crippen LogP contribution in [0.1, 0.15) is 29.6 Å². The van der Waals surface area contributed by atoms with Gasteiger partial charge >= 0.3 is 0 Å². The summed E-state index contributed by atoms with van der Waals surface area (Å²) in [7, 11) is 0. The van der Waals surface area contributed by atoms with Crippen molar-refractivity contribution in [3.8, 4) is 17.2 Å². The van der Waals surface area contributed by atoms with E-state index in [2.05, 4.69) is 4.98 Å². The van der Waals surface area contributed by atoms with Crippen molar-refractivity contribution in [2.75, 3.05) is 6.54 Å². The Morgan fingerprint density at radius 3 is 2.55 bits per heavy atom. The van der Waals surface area contributed by atoms with Crippen LogP contribution in [0.15, 0.2) is 36.7 Å². The first-order valence-electron chi connectivity index (χ1n) is 8.71. The zero-order valence-electron chi connectivity index (χ0n) is 15.0. The van der Waals surface area contributed by atoms with Crippen LogP contribution in [0, 0.1) is 23.0 Å². The zero-order chi connectivity index (χ0) is 21.2. The average molecular weight is 405 g/mol. The number of nitriles is 1. The third-order valence-corrected chi connectivity index (χ3v) is 4.60. The number of rotatable bonds is 5. The molecule has 1 amide bonds. The van der Waals surface area contributed by atoms with Crippen LogP contribution in [0.5, 0.6) is 0 Å². The van der Waals surface area contributed by atoms with Crippen molar-refractivity contribution < 1.29 is 27.2 Å². The highest BCUT2D eigenvalue weighted by atomic mass is 19.3. The maximum Gasteiger partial charge on any atom is 0.268 e. The molecule has 0 aliphatic carbocycles. The number of amides is 1. The highest BCUT2D eigenvalue weighted by molar-refractivity contribution is 6.03. The van der Waals surface area contributed by atoms with E-state index in [0.29, 0.717) is 6.07 Å². The third-order valence-electron chi connectivity index (χ3n) is 4.60. The minimum Gasteiger partial charge on any atom is -0.320 e. The summed E-state index contributed by atoms with van der Waals surface area (Å²) in [6, 6.07) is 4.58. The molecule has 0 bridgehead atoms. The van der Waals surface area contributed by atoms with Crippen LogP contribution in [0.25, 0.3) is 11.1 Å². The summed E-state index contributed by atoms with van der Waals surface area (Å²) in [6.07, 6.45) is 1.18. The van der Waals surface area contributed by atoms with Crippen LogP contribution in [0.2, 0.25) is 0 Å². The smallest absolute Gasteiger partial charge is 0.268 e. The molecule has 2 heterocycles. The van der Waals surface area contributed by atoms with Gasteiger partial charge in [-0.05, 0) is 23.8 Å². The van der Waals surface area contributed by atoms with E-state index in [1.165, 1.54) is 18.5 Å². The molecule has 0 spiro atoms. The number of nitrogens with zero attached hydrogens (tertiary/aromatic N) is 3. The number of hydrogen-bond acceptors (Lipinski definition) is 4. The van der Waals surface area contributed by atoms with E-state index in [-0.39, 0.29) is 29.5 Å². The Kier molecular flexibility index (Phi) is 5.64. The molecule has 0 saturated carbocycles. The number of carbonyl (C=O) groups is 2. The number of likely N-dealkylation sites (tertiary alicyclic amines) is 1. The third kappa shape index (κ3) is 4.59. The molecule has 1 aromatic carbocycles. The van der Waals surface area contributed by atoms with Gasteiger partial charge in [-0.3, -0.25) is 14.6 Å². The summed E-state index contributed by atoms with van der Waals surface area (Å²) in [5, 5.41) is 8.97. The van der Waals surface area contributed by atoms with Crippen LogP contribution >= 0.6 is 0 Å². The second kappa shape index (κ2) is 7.99. The van der Waals surface area contributed by atoms with E-state index in [1.807, 2.05) is 0 Å². The summed E-state index contributed by atoms with van der Waals surface area (Å²) in [6.45, 7) is -0.860. The highest BCUT2D eigenvalue weighted by Crippen LogP contribution is 2.32. The first kappa shape index (κ1) is 20.5. The lowest BCUT2D eigenvalue weighted by Gasteiger charge is -2.19. The van der Waals surface area contributed by atoms with Gasteiger partial charge in [0.05, 0.1) is 12.6 Å². The Morgan fingerprint density at radius 2 is 1.90 bits per heavy atom. The second-order valence-corrected chi connectivity index (χ2v) is 6.73. The van der Waals surface area contributed by atoms with E-state index in [1.54, 1.807) is 6.07 Å². The lowest BCUT2D eigenvalue weighted by molar-refractivity contribution is -0.132. The average Bonchev–Trinajstić information content (AvgIpc) is 3.00. The van der Waals surface area contributed by atoms with Gasteiger partial charge in [-0.25, -0.2) is 17.6 Å². The van der Waals surface area contributed by atoms with Gasteiger partial charge < -0.3 is 4.90 Å². The number of hydrogen-bond donors (Lipinski definition) is 0. The topological polar surface area (TPSA) is 74.1 Å². The molecule has 2 aromatic rings. The number of ketones is 1. The van der Waals surface area contributed by atoms with Crippen molar-refractivity contribution in [3.63, 3.8) is 0 Å². The summed E-state index contributed by atoms with van der Waals surface area (Å²) >= 11 is 0. The molecule has 3 rings (SSSR count). The first-order valence-corrected chi connectivity index (χ1v) is 8.71. The zero-order valence-corrected chi connectivity index (χ0v) is 15.0. The number of benzene rings is 1. The van der Waals surface area contributed by atoms with E-state index in [4.69, 9.17) is 5.26 Å². The maximum atomic E-state index is 13.5. The molecular formula is C20H15F4N3O2. The summed E-state index contributed by atoms with van der Waals surface area (Å²) in [4.78, 5) is 29.5. The molecular weight excluding hydrogens is 390 g/mol. The molecule has 9 heteroatoms. The highest BCUT2D eigenvalue weighted by Gasteiger charge is 2.47. The van der Waals surface area contributed by atoms with Crippen molar-refractivity contribution >= 4 is 11.7 Å². The van der Waals surface area contributed by atoms with Gasteiger partial charge in [-0.15, -0.1) is 0 Å². The minimum absolute atomic E-state index is 0.0985. The molecule has 1 aromatic heterocycles. The normalized spacial score (nSPS) is 17.8. The van der Waals surface area contributed by atoms with Crippen LogP contribution in [-0.2, 0) is 4.79 Å². The Labute approximate surface area is 163 Å². The van der Waals surface area contributed by atoms with Gasteiger partial charge in [0.2, 0.25) is 5.91 Å². The number of Topliss-reactive ketones (excluding diaryl/α,β-unsaturated/α-hetero) is 1. The molecule has 29 heavy (non-hydrogen) atoms. The number of alkyl halides is 2. The molecule has 1 saturated heterocycles. The maximum absolute atomic E-state index is 13.5. The molecule has 1 atom stereocenters. The summed E-state index contributed by atoms with van der Waals surface area (Å²) in [5.74, 6) is -6.03. The predicted molar refractivity (Wildman–Crippen MR) is 93.8 cm³/mol. The lowest BCUT2D eigenvalue weighted by atomic mass is 9.97. The Bertz CT molecular complexity index is 983. The number of halogens is 4. The second-order valence-electron chi connectivity index (χ2n) is 6.73. The van der Waals surface area contributed by atoms with E-state index in [0.717, 1.165) is 17.0 Å². The van der Waals surface area contributed by atoms with Crippen LogP contribution < -0.4 is 0 Å². The van der Waals surface area contributed by atoms with Crippen molar-refractivity contribution in [1.29, 1.82) is 5.26 Å². The quantitative estimate of drug-likeness (QED) is 0.561. The van der Waals surface area contributed by atoms with Gasteiger partial charge in [-0.1, -0.05) is 0 Å². The fraction of sp³-hybridized carbons (Fsp3) is 0.300. The van der Waals surface area contributed by atoms with Crippen molar-refractivity contribution in [2.45, 2.75) is 31.2 Å². The van der Waals surface area contributed by atoms with Gasteiger partial charge in [0.15, 0.2) is 5.78 Å². The number of carbonyl (C=O) groups excluding carboxylic acids is 2. The molecule has 5 nitrogen and oxygen atoms in total. The van der Waals surface area contributed by atoms with Gasteiger partial charge in [0.1, 0.15) is 17.7 Å². The molecule has 1 aliphatic heterocycles. The Morgan fingerprint density at radius 1 is 1.21 bits per heavy atom. The Balaban J connectivity index is 1.75. The number of pyridine rings is 1. The molecule has 1 fully saturated rings. The molecule has 1 aliphatic rings. The molecule has 0 radical (unpaired) electrons. The van der Waals surface area contributed by atoms with Crippen molar-refractivity contribution in [1.82, 2.24) is 9.88 Å². The van der Waals surface area contributed by atoms with Crippen LogP contribution in [0.4, 0.5) is 17.6 Å². The van der Waals surface area contributed by atoms with E-state index < -0.39 is 48.3 Å². The van der Waals surface area contributed by atoms with Gasteiger partial charge in [0, 0.05) is 48.8 Å². The lowest BCUT2D eigenvalue weighted by Crippen LogP contribution is -2.36. The fourth-order valence-electron chi connectivity index (χ4n) is 3.27.